The summed E-state index contributed by atoms with van der Waals surface area (Å²) >= 11 is 3.30. The van der Waals surface area contributed by atoms with E-state index >= 15 is 0 Å². The highest BCUT2D eigenvalue weighted by Gasteiger charge is 2.12. The average molecular weight is 206 g/mol. The second-order valence-electron chi connectivity index (χ2n) is 3.11. The second kappa shape index (κ2) is 4.14. The van der Waals surface area contributed by atoms with Gasteiger partial charge < -0.3 is 5.32 Å². The van der Waals surface area contributed by atoms with Crippen molar-refractivity contribution in [2.75, 3.05) is 6.54 Å². The first kappa shape index (κ1) is 10.2. The zero-order valence-corrected chi connectivity index (χ0v) is 8.59. The van der Waals surface area contributed by atoms with Crippen LogP contribution in [0.1, 0.15) is 27.2 Å². The SMILES string of the molecule is C=C(Br)CNC(C)(C)CC. The molecule has 0 spiro atoms. The highest BCUT2D eigenvalue weighted by Crippen LogP contribution is 2.08. The van der Waals surface area contributed by atoms with Crippen LogP contribution in [0.2, 0.25) is 0 Å². The van der Waals surface area contributed by atoms with Crippen molar-refractivity contribution in [3.63, 3.8) is 0 Å². The largest absolute Gasteiger partial charge is 0.307 e. The van der Waals surface area contributed by atoms with Gasteiger partial charge in [-0.25, -0.2) is 0 Å². The maximum Gasteiger partial charge on any atom is 0.0270 e. The number of nitrogens with one attached hydrogen (secondary N) is 1. The summed E-state index contributed by atoms with van der Waals surface area (Å²) in [5.74, 6) is 0. The number of rotatable bonds is 4. The van der Waals surface area contributed by atoms with E-state index in [-0.39, 0.29) is 5.54 Å². The topological polar surface area (TPSA) is 12.0 Å². The average Bonchev–Trinajstić information content (AvgIpc) is 1.85. The number of halogens is 1. The van der Waals surface area contributed by atoms with Crippen molar-refractivity contribution in [1.29, 1.82) is 0 Å². The molecule has 0 saturated heterocycles. The monoisotopic (exact) mass is 205 g/mol. The van der Waals surface area contributed by atoms with Crippen LogP contribution in [-0.2, 0) is 0 Å². The zero-order chi connectivity index (χ0) is 8.20. The molecule has 0 saturated carbocycles. The molecular formula is C8H16BrN. The Labute approximate surface area is 72.0 Å². The van der Waals surface area contributed by atoms with Gasteiger partial charge in [-0.2, -0.15) is 0 Å². The lowest BCUT2D eigenvalue weighted by molar-refractivity contribution is 0.394. The summed E-state index contributed by atoms with van der Waals surface area (Å²) in [5.41, 5.74) is 0.233. The molecule has 2 heteroatoms. The van der Waals surface area contributed by atoms with Crippen LogP contribution in [0.3, 0.4) is 0 Å². The summed E-state index contributed by atoms with van der Waals surface area (Å²) < 4.78 is 1.01. The molecule has 0 atom stereocenters. The minimum Gasteiger partial charge on any atom is -0.307 e. The predicted molar refractivity (Wildman–Crippen MR) is 50.4 cm³/mol. The number of hydrogen-bond acceptors (Lipinski definition) is 1. The zero-order valence-electron chi connectivity index (χ0n) is 7.00. The molecule has 0 heterocycles. The van der Waals surface area contributed by atoms with Gasteiger partial charge in [0.2, 0.25) is 0 Å². The minimum atomic E-state index is 0.233. The molecule has 60 valence electrons. The van der Waals surface area contributed by atoms with Gasteiger partial charge in [0, 0.05) is 16.6 Å². The quantitative estimate of drug-likeness (QED) is 0.745. The van der Waals surface area contributed by atoms with E-state index in [1.165, 1.54) is 0 Å². The maximum absolute atomic E-state index is 3.75. The van der Waals surface area contributed by atoms with Gasteiger partial charge in [0.25, 0.3) is 0 Å². The molecule has 10 heavy (non-hydrogen) atoms. The predicted octanol–water partition coefficient (Wildman–Crippen LogP) is 2.67. The van der Waals surface area contributed by atoms with Crippen LogP contribution in [0.4, 0.5) is 0 Å². The van der Waals surface area contributed by atoms with Crippen molar-refractivity contribution in [1.82, 2.24) is 5.32 Å². The summed E-state index contributed by atoms with van der Waals surface area (Å²) in [4.78, 5) is 0. The van der Waals surface area contributed by atoms with E-state index in [2.05, 4.69) is 48.6 Å². The Morgan fingerprint density at radius 1 is 1.60 bits per heavy atom. The number of hydrogen-bond donors (Lipinski definition) is 1. The summed E-state index contributed by atoms with van der Waals surface area (Å²) in [7, 11) is 0. The summed E-state index contributed by atoms with van der Waals surface area (Å²) in [6, 6.07) is 0. The lowest BCUT2D eigenvalue weighted by Gasteiger charge is -2.24. The van der Waals surface area contributed by atoms with Crippen LogP contribution >= 0.6 is 15.9 Å². The van der Waals surface area contributed by atoms with Crippen LogP contribution in [0.25, 0.3) is 0 Å². The van der Waals surface area contributed by atoms with Crippen LogP contribution in [0.5, 0.6) is 0 Å². The molecule has 0 aromatic rings. The lowest BCUT2D eigenvalue weighted by Crippen LogP contribution is -2.38. The van der Waals surface area contributed by atoms with E-state index in [0.29, 0.717) is 0 Å². The van der Waals surface area contributed by atoms with Gasteiger partial charge >= 0.3 is 0 Å². The molecule has 0 fully saturated rings. The third-order valence-corrected chi connectivity index (χ3v) is 1.92. The van der Waals surface area contributed by atoms with Crippen LogP contribution in [0, 0.1) is 0 Å². The molecule has 0 aliphatic rings. The van der Waals surface area contributed by atoms with Crippen molar-refractivity contribution in [3.8, 4) is 0 Å². The minimum absolute atomic E-state index is 0.233. The van der Waals surface area contributed by atoms with Crippen molar-refractivity contribution < 1.29 is 0 Å². The van der Waals surface area contributed by atoms with Gasteiger partial charge in [0.05, 0.1) is 0 Å². The highest BCUT2D eigenvalue weighted by molar-refractivity contribution is 9.11. The molecule has 0 aliphatic carbocycles. The summed E-state index contributed by atoms with van der Waals surface area (Å²) in [5, 5.41) is 3.36. The Hall–Kier alpha value is 0.180. The third-order valence-electron chi connectivity index (χ3n) is 1.64. The van der Waals surface area contributed by atoms with E-state index in [0.717, 1.165) is 17.4 Å². The Balaban J connectivity index is 3.56. The van der Waals surface area contributed by atoms with E-state index in [4.69, 9.17) is 0 Å². The molecule has 0 amide bonds. The van der Waals surface area contributed by atoms with Crippen LogP contribution in [-0.4, -0.2) is 12.1 Å². The van der Waals surface area contributed by atoms with Crippen LogP contribution < -0.4 is 5.32 Å². The Kier molecular flexibility index (Phi) is 4.22. The van der Waals surface area contributed by atoms with E-state index in [9.17, 15) is 0 Å². The Bertz CT molecular complexity index is 118. The fourth-order valence-electron chi connectivity index (χ4n) is 0.460. The van der Waals surface area contributed by atoms with Crippen LogP contribution in [0.15, 0.2) is 11.1 Å². The van der Waals surface area contributed by atoms with Gasteiger partial charge in [-0.3, -0.25) is 0 Å². The fourth-order valence-corrected chi connectivity index (χ4v) is 0.600. The van der Waals surface area contributed by atoms with Crippen molar-refractivity contribution in [2.45, 2.75) is 32.7 Å². The highest BCUT2D eigenvalue weighted by atomic mass is 79.9. The van der Waals surface area contributed by atoms with E-state index in [1.807, 2.05) is 0 Å². The van der Waals surface area contributed by atoms with Crippen molar-refractivity contribution in [2.24, 2.45) is 0 Å². The van der Waals surface area contributed by atoms with Gasteiger partial charge in [-0.15, -0.1) is 0 Å². The first-order chi connectivity index (χ1) is 4.48. The normalized spacial score (nSPS) is 11.6. The van der Waals surface area contributed by atoms with E-state index < -0.39 is 0 Å². The molecule has 0 rings (SSSR count). The standard InChI is InChI=1S/C8H16BrN/c1-5-8(3,4)10-6-7(2)9/h10H,2,5-6H2,1,3-4H3. The molecule has 0 aromatic heterocycles. The molecular weight excluding hydrogens is 190 g/mol. The molecule has 0 bridgehead atoms. The molecule has 0 unspecified atom stereocenters. The summed E-state index contributed by atoms with van der Waals surface area (Å²) in [6.45, 7) is 11.1. The van der Waals surface area contributed by atoms with Gasteiger partial charge in [-0.1, -0.05) is 29.4 Å². The molecule has 0 aromatic carbocycles. The molecule has 0 aliphatic heterocycles. The molecule has 1 nitrogen and oxygen atoms in total. The third kappa shape index (κ3) is 5.00. The van der Waals surface area contributed by atoms with Gasteiger partial charge in [0.15, 0.2) is 0 Å². The van der Waals surface area contributed by atoms with Gasteiger partial charge in [-0.05, 0) is 20.3 Å². The first-order valence-corrected chi connectivity index (χ1v) is 4.35. The summed E-state index contributed by atoms with van der Waals surface area (Å²) in [6.07, 6.45) is 1.13. The Morgan fingerprint density at radius 2 is 2.10 bits per heavy atom. The Morgan fingerprint density at radius 3 is 2.40 bits per heavy atom. The van der Waals surface area contributed by atoms with Crippen molar-refractivity contribution in [3.05, 3.63) is 11.1 Å². The molecule has 0 radical (unpaired) electrons. The molecule has 1 N–H and O–H groups in total. The van der Waals surface area contributed by atoms with Gasteiger partial charge in [0.1, 0.15) is 0 Å². The first-order valence-electron chi connectivity index (χ1n) is 3.56. The van der Waals surface area contributed by atoms with Crippen molar-refractivity contribution >= 4 is 15.9 Å². The van der Waals surface area contributed by atoms with E-state index in [1.54, 1.807) is 0 Å². The smallest absolute Gasteiger partial charge is 0.0270 e. The lowest BCUT2D eigenvalue weighted by atomic mass is 10.0. The maximum atomic E-state index is 3.75. The second-order valence-corrected chi connectivity index (χ2v) is 4.23. The fraction of sp³-hybridized carbons (Fsp3) is 0.750.